The minimum absolute atomic E-state index is 0.460. The van der Waals surface area contributed by atoms with Crippen LogP contribution in [0.2, 0.25) is 0 Å². The first-order valence-corrected chi connectivity index (χ1v) is 8.65. The lowest BCUT2D eigenvalue weighted by Crippen LogP contribution is -2.49. The lowest BCUT2D eigenvalue weighted by molar-refractivity contribution is -0.0388. The highest BCUT2D eigenvalue weighted by Crippen LogP contribution is 2.34. The molecule has 4 unspecified atom stereocenters. The van der Waals surface area contributed by atoms with E-state index >= 15 is 0 Å². The van der Waals surface area contributed by atoms with Gasteiger partial charge in [-0.05, 0) is 50.5 Å². The van der Waals surface area contributed by atoms with Crippen molar-refractivity contribution in [2.45, 2.75) is 58.6 Å². The maximum Gasteiger partial charge on any atom is 0.0700 e. The van der Waals surface area contributed by atoms with Crippen LogP contribution in [-0.4, -0.2) is 50.3 Å². The van der Waals surface area contributed by atoms with E-state index in [2.05, 4.69) is 38.0 Å². The van der Waals surface area contributed by atoms with Crippen molar-refractivity contribution < 1.29 is 4.74 Å². The van der Waals surface area contributed by atoms with Gasteiger partial charge in [0, 0.05) is 25.7 Å². The van der Waals surface area contributed by atoms with Crippen LogP contribution in [0.1, 0.15) is 46.5 Å². The van der Waals surface area contributed by atoms with Crippen molar-refractivity contribution in [2.24, 2.45) is 17.8 Å². The third kappa shape index (κ3) is 4.19. The molecule has 1 heterocycles. The van der Waals surface area contributed by atoms with E-state index in [-0.39, 0.29) is 0 Å². The van der Waals surface area contributed by atoms with Crippen LogP contribution in [-0.2, 0) is 4.74 Å². The Morgan fingerprint density at radius 2 is 2.10 bits per heavy atom. The van der Waals surface area contributed by atoms with E-state index in [4.69, 9.17) is 4.74 Å². The van der Waals surface area contributed by atoms with Crippen LogP contribution in [0.15, 0.2) is 0 Å². The highest BCUT2D eigenvalue weighted by atomic mass is 16.5. The number of nitrogens with zero attached hydrogens (tertiary/aromatic N) is 1. The molecule has 2 fully saturated rings. The summed E-state index contributed by atoms with van der Waals surface area (Å²) in [4.78, 5) is 2.65. The van der Waals surface area contributed by atoms with Crippen LogP contribution in [0.25, 0.3) is 0 Å². The van der Waals surface area contributed by atoms with E-state index in [1.807, 2.05) is 0 Å². The van der Waals surface area contributed by atoms with E-state index in [0.717, 1.165) is 43.9 Å². The molecule has 3 nitrogen and oxygen atoms in total. The molecule has 1 aliphatic heterocycles. The highest BCUT2D eigenvalue weighted by molar-refractivity contribution is 4.87. The van der Waals surface area contributed by atoms with Crippen molar-refractivity contribution >= 4 is 0 Å². The second-order valence-electron chi connectivity index (χ2n) is 7.13. The Morgan fingerprint density at radius 3 is 2.75 bits per heavy atom. The van der Waals surface area contributed by atoms with Crippen LogP contribution < -0.4 is 5.32 Å². The van der Waals surface area contributed by atoms with Gasteiger partial charge in [0.2, 0.25) is 0 Å². The maximum atomic E-state index is 5.80. The molecule has 118 valence electrons. The monoisotopic (exact) mass is 282 g/mol. The van der Waals surface area contributed by atoms with E-state index in [1.54, 1.807) is 0 Å². The summed E-state index contributed by atoms with van der Waals surface area (Å²) in [6.45, 7) is 11.5. The molecule has 1 saturated heterocycles. The number of ether oxygens (including phenoxy) is 1. The van der Waals surface area contributed by atoms with Gasteiger partial charge in [-0.3, -0.25) is 4.90 Å². The molecule has 0 aromatic carbocycles. The average molecular weight is 282 g/mol. The van der Waals surface area contributed by atoms with E-state index in [1.165, 1.54) is 25.8 Å². The third-order valence-corrected chi connectivity index (χ3v) is 5.51. The average Bonchev–Trinajstić information content (AvgIpc) is 2.47. The molecule has 1 N–H and O–H groups in total. The summed E-state index contributed by atoms with van der Waals surface area (Å²) in [5.41, 5.74) is 0. The second kappa shape index (κ2) is 7.77. The molecule has 20 heavy (non-hydrogen) atoms. The SMILES string of the molecule is CCC1CN(CC2CC(C(C)C)CCC2NC)CCO1. The van der Waals surface area contributed by atoms with E-state index < -0.39 is 0 Å². The van der Waals surface area contributed by atoms with Crippen molar-refractivity contribution in [3.05, 3.63) is 0 Å². The smallest absolute Gasteiger partial charge is 0.0700 e. The quantitative estimate of drug-likeness (QED) is 0.839. The van der Waals surface area contributed by atoms with Gasteiger partial charge >= 0.3 is 0 Å². The van der Waals surface area contributed by atoms with Gasteiger partial charge < -0.3 is 10.1 Å². The number of hydrogen-bond acceptors (Lipinski definition) is 3. The normalized spacial score (nSPS) is 36.5. The summed E-state index contributed by atoms with van der Waals surface area (Å²) in [7, 11) is 2.14. The molecular formula is C17H34N2O. The van der Waals surface area contributed by atoms with Gasteiger partial charge in [0.15, 0.2) is 0 Å². The van der Waals surface area contributed by atoms with Crippen LogP contribution in [0.3, 0.4) is 0 Å². The summed E-state index contributed by atoms with van der Waals surface area (Å²) in [6.07, 6.45) is 5.76. The first-order chi connectivity index (χ1) is 9.63. The van der Waals surface area contributed by atoms with Crippen molar-refractivity contribution in [1.29, 1.82) is 0 Å². The van der Waals surface area contributed by atoms with Gasteiger partial charge in [-0.25, -0.2) is 0 Å². The predicted molar refractivity (Wildman–Crippen MR) is 85.0 cm³/mol. The molecule has 2 aliphatic rings. The largest absolute Gasteiger partial charge is 0.376 e. The molecule has 0 aromatic heterocycles. The Labute approximate surface area is 125 Å². The van der Waals surface area contributed by atoms with Crippen LogP contribution in [0.5, 0.6) is 0 Å². The van der Waals surface area contributed by atoms with Crippen molar-refractivity contribution in [3.63, 3.8) is 0 Å². The fraction of sp³-hybridized carbons (Fsp3) is 1.00. The third-order valence-electron chi connectivity index (χ3n) is 5.51. The topological polar surface area (TPSA) is 24.5 Å². The molecule has 2 rings (SSSR count). The summed E-state index contributed by atoms with van der Waals surface area (Å²) in [5, 5.41) is 3.57. The zero-order chi connectivity index (χ0) is 14.5. The summed E-state index contributed by atoms with van der Waals surface area (Å²) in [6, 6.07) is 0.716. The Kier molecular flexibility index (Phi) is 6.31. The molecule has 1 aliphatic carbocycles. The molecule has 0 aromatic rings. The summed E-state index contributed by atoms with van der Waals surface area (Å²) in [5.74, 6) is 2.58. The van der Waals surface area contributed by atoms with Crippen molar-refractivity contribution in [2.75, 3.05) is 33.3 Å². The zero-order valence-corrected chi connectivity index (χ0v) is 13.9. The van der Waals surface area contributed by atoms with E-state index in [0.29, 0.717) is 12.1 Å². The summed E-state index contributed by atoms with van der Waals surface area (Å²) >= 11 is 0. The van der Waals surface area contributed by atoms with Gasteiger partial charge in [0.25, 0.3) is 0 Å². The van der Waals surface area contributed by atoms with Gasteiger partial charge in [-0.2, -0.15) is 0 Å². The first-order valence-electron chi connectivity index (χ1n) is 8.65. The van der Waals surface area contributed by atoms with Gasteiger partial charge in [0.05, 0.1) is 12.7 Å². The fourth-order valence-corrected chi connectivity index (χ4v) is 4.01. The lowest BCUT2D eigenvalue weighted by Gasteiger charge is -2.42. The minimum atomic E-state index is 0.460. The molecule has 4 atom stereocenters. The van der Waals surface area contributed by atoms with Crippen molar-refractivity contribution in [1.82, 2.24) is 10.2 Å². The van der Waals surface area contributed by atoms with Crippen LogP contribution in [0, 0.1) is 17.8 Å². The van der Waals surface area contributed by atoms with Gasteiger partial charge in [-0.1, -0.05) is 20.8 Å². The van der Waals surface area contributed by atoms with Crippen molar-refractivity contribution in [3.8, 4) is 0 Å². The minimum Gasteiger partial charge on any atom is -0.376 e. The van der Waals surface area contributed by atoms with Crippen LogP contribution >= 0.6 is 0 Å². The van der Waals surface area contributed by atoms with Gasteiger partial charge in [-0.15, -0.1) is 0 Å². The highest BCUT2D eigenvalue weighted by Gasteiger charge is 2.33. The predicted octanol–water partition coefficient (Wildman–Crippen LogP) is 2.76. The number of rotatable bonds is 5. The number of nitrogens with one attached hydrogen (secondary N) is 1. The molecule has 1 saturated carbocycles. The Bertz CT molecular complexity index is 282. The summed E-state index contributed by atoms with van der Waals surface area (Å²) < 4.78 is 5.80. The lowest BCUT2D eigenvalue weighted by atomic mass is 9.73. The molecule has 3 heteroatoms. The molecule has 0 radical (unpaired) electrons. The molecular weight excluding hydrogens is 248 g/mol. The number of hydrogen-bond donors (Lipinski definition) is 1. The first kappa shape index (κ1) is 16.3. The second-order valence-corrected chi connectivity index (χ2v) is 7.13. The Balaban J connectivity index is 1.90. The molecule has 0 spiro atoms. The molecule has 0 amide bonds. The zero-order valence-electron chi connectivity index (χ0n) is 13.9. The fourth-order valence-electron chi connectivity index (χ4n) is 4.01. The molecule has 0 bridgehead atoms. The maximum absolute atomic E-state index is 5.80. The van der Waals surface area contributed by atoms with E-state index in [9.17, 15) is 0 Å². The van der Waals surface area contributed by atoms with Crippen LogP contribution in [0.4, 0.5) is 0 Å². The standard InChI is InChI=1S/C17H34N2O/c1-5-16-12-19(8-9-20-16)11-15-10-14(13(2)3)6-7-17(15)18-4/h13-18H,5-12H2,1-4H3. The Morgan fingerprint density at radius 1 is 1.30 bits per heavy atom. The van der Waals surface area contributed by atoms with Gasteiger partial charge in [0.1, 0.15) is 0 Å². The Hall–Kier alpha value is -0.120. The number of morpholine rings is 1.